The van der Waals surface area contributed by atoms with Crippen molar-refractivity contribution in [2.45, 2.75) is 19.9 Å². The van der Waals surface area contributed by atoms with Gasteiger partial charge < -0.3 is 14.0 Å². The van der Waals surface area contributed by atoms with Gasteiger partial charge >= 0.3 is 6.36 Å². The molecule has 2 aromatic rings. The molecule has 0 amide bonds. The van der Waals surface area contributed by atoms with Gasteiger partial charge in [0.15, 0.2) is 12.4 Å². The summed E-state index contributed by atoms with van der Waals surface area (Å²) in [5.74, 6) is 0.730. The smallest absolute Gasteiger partial charge is 0.484 e. The zero-order valence-corrected chi connectivity index (χ0v) is 11.7. The van der Waals surface area contributed by atoms with Crippen molar-refractivity contribution >= 4 is 15.9 Å². The van der Waals surface area contributed by atoms with Crippen molar-refractivity contribution in [3.8, 4) is 11.5 Å². The van der Waals surface area contributed by atoms with Crippen LogP contribution in [0.15, 0.2) is 27.2 Å². The molecule has 1 aromatic heterocycles. The van der Waals surface area contributed by atoms with Crippen LogP contribution in [0.1, 0.15) is 11.7 Å². The zero-order chi connectivity index (χ0) is 14.8. The van der Waals surface area contributed by atoms with Crippen LogP contribution in [0.2, 0.25) is 0 Å². The average Bonchev–Trinajstić information content (AvgIpc) is 2.74. The number of benzene rings is 1. The number of ether oxygens (including phenoxy) is 2. The SMILES string of the molecule is Cc1noc(COc2ccc(OC(F)(F)F)c(Br)c2)n1. The number of halogens is 4. The van der Waals surface area contributed by atoms with E-state index in [0.29, 0.717) is 11.6 Å². The lowest BCUT2D eigenvalue weighted by Crippen LogP contribution is -2.17. The molecule has 20 heavy (non-hydrogen) atoms. The Labute approximate surface area is 119 Å². The quantitative estimate of drug-likeness (QED) is 0.841. The Kier molecular flexibility index (Phi) is 4.17. The standard InChI is InChI=1S/C11H8BrF3N2O3/c1-6-16-10(20-17-6)5-18-7-2-3-9(8(12)4-7)19-11(13,14)15/h2-4H,5H2,1H3. The molecule has 0 aliphatic rings. The van der Waals surface area contributed by atoms with Gasteiger partial charge in [0.2, 0.25) is 0 Å². The van der Waals surface area contributed by atoms with E-state index in [1.807, 2.05) is 0 Å². The number of hydrogen-bond donors (Lipinski definition) is 0. The highest BCUT2D eigenvalue weighted by molar-refractivity contribution is 9.10. The van der Waals surface area contributed by atoms with Crippen molar-refractivity contribution < 1.29 is 27.2 Å². The molecule has 0 saturated carbocycles. The van der Waals surface area contributed by atoms with Crippen LogP contribution in [0.3, 0.4) is 0 Å². The van der Waals surface area contributed by atoms with E-state index < -0.39 is 6.36 Å². The van der Waals surface area contributed by atoms with E-state index in [2.05, 4.69) is 30.8 Å². The van der Waals surface area contributed by atoms with Gasteiger partial charge in [-0.3, -0.25) is 0 Å². The predicted octanol–water partition coefficient (Wildman–Crippen LogP) is 3.62. The summed E-state index contributed by atoms with van der Waals surface area (Å²) in [6.07, 6.45) is -4.74. The summed E-state index contributed by atoms with van der Waals surface area (Å²) in [6.45, 7) is 1.68. The number of alkyl halides is 3. The normalized spacial score (nSPS) is 11.4. The highest BCUT2D eigenvalue weighted by atomic mass is 79.9. The number of hydrogen-bond acceptors (Lipinski definition) is 5. The fraction of sp³-hybridized carbons (Fsp3) is 0.273. The van der Waals surface area contributed by atoms with Crippen molar-refractivity contribution in [2.75, 3.05) is 0 Å². The van der Waals surface area contributed by atoms with Crippen LogP contribution in [0.5, 0.6) is 11.5 Å². The van der Waals surface area contributed by atoms with E-state index in [0.717, 1.165) is 6.07 Å². The Morgan fingerprint density at radius 2 is 2.10 bits per heavy atom. The lowest BCUT2D eigenvalue weighted by atomic mass is 10.3. The fourth-order valence-corrected chi connectivity index (χ4v) is 1.76. The number of rotatable bonds is 4. The van der Waals surface area contributed by atoms with Gasteiger partial charge in [0.25, 0.3) is 5.89 Å². The van der Waals surface area contributed by atoms with Crippen molar-refractivity contribution in [2.24, 2.45) is 0 Å². The highest BCUT2D eigenvalue weighted by Crippen LogP contribution is 2.33. The largest absolute Gasteiger partial charge is 0.573 e. The summed E-state index contributed by atoms with van der Waals surface area (Å²) in [5, 5.41) is 3.58. The van der Waals surface area contributed by atoms with E-state index >= 15 is 0 Å². The minimum Gasteiger partial charge on any atom is -0.484 e. The Hall–Kier alpha value is -1.77. The summed E-state index contributed by atoms with van der Waals surface area (Å²) < 4.78 is 50.3. The monoisotopic (exact) mass is 352 g/mol. The van der Waals surface area contributed by atoms with E-state index in [9.17, 15) is 13.2 Å². The third-order valence-electron chi connectivity index (χ3n) is 2.06. The van der Waals surface area contributed by atoms with Gasteiger partial charge in [-0.2, -0.15) is 4.98 Å². The maximum atomic E-state index is 12.1. The molecule has 0 aliphatic carbocycles. The molecular weight excluding hydrogens is 345 g/mol. The van der Waals surface area contributed by atoms with Gasteiger partial charge in [0.1, 0.15) is 11.5 Å². The van der Waals surface area contributed by atoms with Gasteiger partial charge in [-0.05, 0) is 41.1 Å². The second-order valence-electron chi connectivity index (χ2n) is 3.66. The van der Waals surface area contributed by atoms with Gasteiger partial charge in [-0.15, -0.1) is 13.2 Å². The maximum absolute atomic E-state index is 12.1. The molecule has 1 aromatic carbocycles. The lowest BCUT2D eigenvalue weighted by Gasteiger charge is -2.11. The Morgan fingerprint density at radius 1 is 1.35 bits per heavy atom. The van der Waals surface area contributed by atoms with Gasteiger partial charge in [0.05, 0.1) is 4.47 Å². The molecule has 0 aliphatic heterocycles. The fourth-order valence-electron chi connectivity index (χ4n) is 1.32. The third kappa shape index (κ3) is 4.12. The first-order chi connectivity index (χ1) is 9.33. The molecule has 0 unspecified atom stereocenters. The first-order valence-corrected chi connectivity index (χ1v) is 6.10. The van der Waals surface area contributed by atoms with Crippen LogP contribution in [-0.4, -0.2) is 16.5 Å². The Balaban J connectivity index is 2.01. The molecule has 0 N–H and O–H groups in total. The Morgan fingerprint density at radius 3 is 2.65 bits per heavy atom. The minimum atomic E-state index is -4.74. The number of nitrogens with zero attached hydrogens (tertiary/aromatic N) is 2. The van der Waals surface area contributed by atoms with Crippen molar-refractivity contribution in [3.05, 3.63) is 34.4 Å². The van der Waals surface area contributed by atoms with Crippen LogP contribution >= 0.6 is 15.9 Å². The summed E-state index contributed by atoms with van der Waals surface area (Å²) in [5.41, 5.74) is 0. The van der Waals surface area contributed by atoms with Crippen LogP contribution < -0.4 is 9.47 Å². The maximum Gasteiger partial charge on any atom is 0.573 e. The van der Waals surface area contributed by atoms with Crippen LogP contribution in [0.4, 0.5) is 13.2 Å². The topological polar surface area (TPSA) is 57.4 Å². The molecule has 0 saturated heterocycles. The molecular formula is C11H8BrF3N2O3. The van der Waals surface area contributed by atoms with Gasteiger partial charge in [-0.1, -0.05) is 5.16 Å². The second kappa shape index (κ2) is 5.70. The average molecular weight is 353 g/mol. The van der Waals surface area contributed by atoms with Crippen molar-refractivity contribution in [1.29, 1.82) is 0 Å². The van der Waals surface area contributed by atoms with Crippen LogP contribution in [0, 0.1) is 6.92 Å². The van der Waals surface area contributed by atoms with E-state index in [1.165, 1.54) is 12.1 Å². The molecule has 0 spiro atoms. The summed E-state index contributed by atoms with van der Waals surface area (Å²) in [4.78, 5) is 3.93. The molecule has 0 bridgehead atoms. The van der Waals surface area contributed by atoms with E-state index in [-0.39, 0.29) is 22.7 Å². The van der Waals surface area contributed by atoms with Crippen molar-refractivity contribution in [1.82, 2.24) is 10.1 Å². The van der Waals surface area contributed by atoms with Crippen molar-refractivity contribution in [3.63, 3.8) is 0 Å². The molecule has 108 valence electrons. The van der Waals surface area contributed by atoms with E-state index in [1.54, 1.807) is 6.92 Å². The molecule has 0 fully saturated rings. The summed E-state index contributed by atoms with van der Waals surface area (Å²) in [6, 6.07) is 3.84. The van der Waals surface area contributed by atoms with E-state index in [4.69, 9.17) is 9.26 Å². The minimum absolute atomic E-state index is 0.0206. The number of aryl methyl sites for hydroxylation is 1. The third-order valence-corrected chi connectivity index (χ3v) is 2.68. The molecule has 1 heterocycles. The predicted molar refractivity (Wildman–Crippen MR) is 64.2 cm³/mol. The molecule has 0 radical (unpaired) electrons. The number of aromatic nitrogens is 2. The first-order valence-electron chi connectivity index (χ1n) is 5.31. The zero-order valence-electron chi connectivity index (χ0n) is 10.1. The van der Waals surface area contributed by atoms with Gasteiger partial charge in [-0.25, -0.2) is 0 Å². The lowest BCUT2D eigenvalue weighted by molar-refractivity contribution is -0.274. The molecule has 5 nitrogen and oxygen atoms in total. The van der Waals surface area contributed by atoms with Crippen LogP contribution in [0.25, 0.3) is 0 Å². The molecule has 0 atom stereocenters. The summed E-state index contributed by atoms with van der Waals surface area (Å²) in [7, 11) is 0. The van der Waals surface area contributed by atoms with Crippen LogP contribution in [-0.2, 0) is 6.61 Å². The molecule has 2 rings (SSSR count). The molecule has 9 heteroatoms. The summed E-state index contributed by atoms with van der Waals surface area (Å²) >= 11 is 2.97. The first kappa shape index (κ1) is 14.6. The van der Waals surface area contributed by atoms with Gasteiger partial charge in [0, 0.05) is 0 Å². The Bertz CT molecular complexity index is 601. The highest BCUT2D eigenvalue weighted by Gasteiger charge is 2.32. The second-order valence-corrected chi connectivity index (χ2v) is 4.52.